The maximum atomic E-state index is 13.2. The van der Waals surface area contributed by atoms with Crippen LogP contribution in [0.4, 0.5) is 10.1 Å². The molecule has 32 heavy (non-hydrogen) atoms. The van der Waals surface area contributed by atoms with Crippen LogP contribution in [0.25, 0.3) is 0 Å². The lowest BCUT2D eigenvalue weighted by molar-refractivity contribution is 0.0929. The molecule has 1 atom stereocenters. The van der Waals surface area contributed by atoms with Crippen LogP contribution in [0.3, 0.4) is 0 Å². The number of nitrogens with one attached hydrogen (secondary N) is 1. The summed E-state index contributed by atoms with van der Waals surface area (Å²) in [5, 5.41) is 4.89. The molecule has 0 fully saturated rings. The summed E-state index contributed by atoms with van der Waals surface area (Å²) in [6.07, 6.45) is 2.87. The zero-order chi connectivity index (χ0) is 23.1. The number of benzene rings is 2. The fraction of sp³-hybridized carbons (Fsp3) is 0.360. The Labute approximate surface area is 192 Å². The second kappa shape index (κ2) is 11.2. The number of hydrogen-bond donors (Lipinski definition) is 2. The van der Waals surface area contributed by atoms with Crippen LogP contribution in [0.1, 0.15) is 59.4 Å². The van der Waals surface area contributed by atoms with E-state index in [4.69, 9.17) is 10.7 Å². The van der Waals surface area contributed by atoms with Gasteiger partial charge in [-0.2, -0.15) is 0 Å². The number of nitrogens with two attached hydrogens (primary N) is 1. The van der Waals surface area contributed by atoms with Crippen molar-refractivity contribution in [3.05, 3.63) is 80.8 Å². The van der Waals surface area contributed by atoms with E-state index in [0.29, 0.717) is 18.8 Å². The van der Waals surface area contributed by atoms with Crippen molar-refractivity contribution in [3.63, 3.8) is 0 Å². The number of amides is 1. The van der Waals surface area contributed by atoms with E-state index in [9.17, 15) is 9.18 Å². The molecule has 0 saturated carbocycles. The van der Waals surface area contributed by atoms with E-state index in [2.05, 4.69) is 25.2 Å². The molecule has 0 bridgehead atoms. The van der Waals surface area contributed by atoms with Gasteiger partial charge in [-0.25, -0.2) is 9.38 Å². The van der Waals surface area contributed by atoms with Crippen LogP contribution in [0.2, 0.25) is 0 Å². The summed E-state index contributed by atoms with van der Waals surface area (Å²) < 4.78 is 15.2. The fourth-order valence-corrected chi connectivity index (χ4v) is 4.57. The number of rotatable bonds is 9. The van der Waals surface area contributed by atoms with Gasteiger partial charge in [0.15, 0.2) is 4.80 Å². The quantitative estimate of drug-likeness (QED) is 0.439. The zero-order valence-electron chi connectivity index (χ0n) is 18.9. The van der Waals surface area contributed by atoms with Gasteiger partial charge < -0.3 is 15.6 Å². The highest BCUT2D eigenvalue weighted by atomic mass is 32.1. The van der Waals surface area contributed by atoms with Crippen LogP contribution < -0.4 is 15.9 Å². The lowest BCUT2D eigenvalue weighted by Gasteiger charge is -2.15. The Morgan fingerprint density at radius 2 is 1.81 bits per heavy atom. The minimum atomic E-state index is -0.293. The number of hydrogen-bond acceptors (Lipinski definition) is 4. The maximum Gasteiger partial charge on any atom is 0.269 e. The first-order valence-corrected chi connectivity index (χ1v) is 11.8. The summed E-state index contributed by atoms with van der Waals surface area (Å²) in [6, 6.07) is 12.1. The van der Waals surface area contributed by atoms with E-state index in [1.54, 1.807) is 12.1 Å². The Hall–Kier alpha value is -2.77. The molecule has 1 amide bonds. The normalized spacial score (nSPS) is 12.7. The molecule has 0 aliphatic carbocycles. The highest BCUT2D eigenvalue weighted by Crippen LogP contribution is 2.18. The lowest BCUT2D eigenvalue weighted by atomic mass is 10.1. The van der Waals surface area contributed by atoms with Gasteiger partial charge in [0.05, 0.1) is 11.7 Å². The third-order valence-corrected chi connectivity index (χ3v) is 6.13. The second-order valence-corrected chi connectivity index (χ2v) is 8.95. The molecule has 3 rings (SSSR count). The molecule has 0 aliphatic heterocycles. The Kier molecular flexibility index (Phi) is 8.36. The molecule has 1 heterocycles. The Balaban J connectivity index is 1.89. The van der Waals surface area contributed by atoms with Crippen LogP contribution >= 0.6 is 11.3 Å². The number of thiazole rings is 1. The van der Waals surface area contributed by atoms with Gasteiger partial charge in [0.25, 0.3) is 5.91 Å². The van der Waals surface area contributed by atoms with E-state index >= 15 is 0 Å². The maximum absolute atomic E-state index is 13.2. The first-order valence-electron chi connectivity index (χ1n) is 10.9. The molecule has 7 heteroatoms. The third-order valence-electron chi connectivity index (χ3n) is 5.26. The van der Waals surface area contributed by atoms with Crippen LogP contribution in [-0.2, 0) is 6.54 Å². The molecule has 1 unspecified atom stereocenters. The standard InChI is InChI=1S/C25H31FN4OS/c1-17-13-18(2)15-22(14-17)29-25-30(12-6-4-5-11-27)23(16-32-25)24(31)28-19(3)20-7-9-21(26)10-8-20/h7-10,13-16,19H,4-6,11-12,27H2,1-3H3,(H,28,31). The van der Waals surface area contributed by atoms with Gasteiger partial charge in [-0.1, -0.05) is 24.6 Å². The minimum absolute atomic E-state index is 0.168. The van der Waals surface area contributed by atoms with Crippen molar-refractivity contribution in [2.24, 2.45) is 10.7 Å². The fourth-order valence-electron chi connectivity index (χ4n) is 3.64. The van der Waals surface area contributed by atoms with Gasteiger partial charge >= 0.3 is 0 Å². The summed E-state index contributed by atoms with van der Waals surface area (Å²) in [5.74, 6) is -0.461. The molecule has 0 aliphatic rings. The first kappa shape index (κ1) is 23.9. The van der Waals surface area contributed by atoms with Gasteiger partial charge in [-0.3, -0.25) is 4.79 Å². The number of halogens is 1. The van der Waals surface area contributed by atoms with Crippen molar-refractivity contribution in [2.75, 3.05) is 6.54 Å². The average Bonchev–Trinajstić information content (AvgIpc) is 3.13. The van der Waals surface area contributed by atoms with Gasteiger partial charge in [-0.05, 0) is 81.1 Å². The first-order chi connectivity index (χ1) is 15.4. The van der Waals surface area contributed by atoms with Crippen LogP contribution in [0, 0.1) is 19.7 Å². The van der Waals surface area contributed by atoms with Crippen molar-refractivity contribution >= 4 is 22.9 Å². The second-order valence-electron chi connectivity index (χ2n) is 8.11. The average molecular weight is 455 g/mol. The highest BCUT2D eigenvalue weighted by molar-refractivity contribution is 7.07. The number of nitrogens with zero attached hydrogens (tertiary/aromatic N) is 2. The Morgan fingerprint density at radius 1 is 1.12 bits per heavy atom. The molecule has 3 N–H and O–H groups in total. The topological polar surface area (TPSA) is 72.4 Å². The summed E-state index contributed by atoms with van der Waals surface area (Å²) in [5.41, 5.74) is 10.3. The molecule has 1 aromatic heterocycles. The summed E-state index contributed by atoms with van der Waals surface area (Å²) in [6.45, 7) is 7.36. The summed E-state index contributed by atoms with van der Waals surface area (Å²) >= 11 is 1.46. The van der Waals surface area contributed by atoms with Crippen molar-refractivity contribution in [3.8, 4) is 0 Å². The summed E-state index contributed by atoms with van der Waals surface area (Å²) in [7, 11) is 0. The molecule has 170 valence electrons. The van der Waals surface area contributed by atoms with Gasteiger partial charge in [0.2, 0.25) is 0 Å². The van der Waals surface area contributed by atoms with Crippen LogP contribution in [0.15, 0.2) is 52.8 Å². The van der Waals surface area contributed by atoms with Crippen molar-refractivity contribution in [1.29, 1.82) is 0 Å². The van der Waals surface area contributed by atoms with Crippen LogP contribution in [-0.4, -0.2) is 17.0 Å². The lowest BCUT2D eigenvalue weighted by Crippen LogP contribution is -2.31. The van der Waals surface area contributed by atoms with E-state index in [-0.39, 0.29) is 17.8 Å². The predicted molar refractivity (Wildman–Crippen MR) is 129 cm³/mol. The SMILES string of the molecule is Cc1cc(C)cc(N=c2scc(C(=O)NC(C)c3ccc(F)cc3)n2CCCCCN)c1. The molecular formula is C25H31FN4OS. The van der Waals surface area contributed by atoms with E-state index < -0.39 is 0 Å². The van der Waals surface area contributed by atoms with E-state index in [0.717, 1.165) is 46.4 Å². The largest absolute Gasteiger partial charge is 0.344 e. The molecule has 0 saturated heterocycles. The van der Waals surface area contributed by atoms with Crippen molar-refractivity contribution in [1.82, 2.24) is 9.88 Å². The van der Waals surface area contributed by atoms with Crippen molar-refractivity contribution < 1.29 is 9.18 Å². The van der Waals surface area contributed by atoms with Gasteiger partial charge in [0.1, 0.15) is 11.5 Å². The van der Waals surface area contributed by atoms with Gasteiger partial charge in [-0.15, -0.1) is 11.3 Å². The molecule has 0 spiro atoms. The highest BCUT2D eigenvalue weighted by Gasteiger charge is 2.17. The smallest absolute Gasteiger partial charge is 0.269 e. The Morgan fingerprint density at radius 3 is 2.47 bits per heavy atom. The monoisotopic (exact) mass is 454 g/mol. The van der Waals surface area contributed by atoms with E-state index in [1.807, 2.05) is 29.0 Å². The minimum Gasteiger partial charge on any atom is -0.344 e. The number of aromatic nitrogens is 1. The van der Waals surface area contributed by atoms with Gasteiger partial charge in [0, 0.05) is 11.9 Å². The molecular weight excluding hydrogens is 423 g/mol. The number of carbonyl (C=O) groups is 1. The van der Waals surface area contributed by atoms with E-state index in [1.165, 1.54) is 23.5 Å². The Bertz CT molecular complexity index is 1100. The third kappa shape index (κ3) is 6.37. The number of carbonyl (C=O) groups excluding carboxylic acids is 1. The number of aryl methyl sites for hydroxylation is 2. The predicted octanol–water partition coefficient (Wildman–Crippen LogP) is 5.16. The summed E-state index contributed by atoms with van der Waals surface area (Å²) in [4.78, 5) is 18.8. The zero-order valence-corrected chi connectivity index (χ0v) is 19.7. The molecule has 3 aromatic rings. The number of unbranched alkanes of at least 4 members (excludes halogenated alkanes) is 2. The molecule has 5 nitrogen and oxygen atoms in total. The molecule has 2 aromatic carbocycles. The van der Waals surface area contributed by atoms with Crippen molar-refractivity contribution in [2.45, 2.75) is 52.6 Å². The van der Waals surface area contributed by atoms with Crippen LogP contribution in [0.5, 0.6) is 0 Å². The molecule has 0 radical (unpaired) electrons.